The number of nitrogens with one attached hydrogen (secondary N) is 1. The van der Waals surface area contributed by atoms with Gasteiger partial charge in [0.15, 0.2) is 0 Å². The highest BCUT2D eigenvalue weighted by molar-refractivity contribution is 7.17. The molecule has 1 aliphatic rings. The van der Waals surface area contributed by atoms with Crippen molar-refractivity contribution in [2.75, 3.05) is 5.32 Å². The van der Waals surface area contributed by atoms with Gasteiger partial charge in [0.05, 0.1) is 26.2 Å². The molecule has 4 nitrogen and oxygen atoms in total. The maximum Gasteiger partial charge on any atom is 0.259 e. The Kier molecular flexibility index (Phi) is 5.06. The third-order valence-corrected chi connectivity index (χ3v) is 6.24. The van der Waals surface area contributed by atoms with Crippen LogP contribution in [0.1, 0.15) is 44.0 Å². The molecule has 0 fully saturated rings. The Morgan fingerprint density at radius 1 is 1.04 bits per heavy atom. The summed E-state index contributed by atoms with van der Waals surface area (Å²) in [5.41, 5.74) is 6.93. The van der Waals surface area contributed by atoms with Crippen LogP contribution in [0.15, 0.2) is 12.1 Å². The fourth-order valence-corrected chi connectivity index (χ4v) is 4.80. The van der Waals surface area contributed by atoms with Crippen LogP contribution < -0.4 is 11.1 Å². The molecule has 0 unspecified atom stereocenters. The van der Waals surface area contributed by atoms with Crippen LogP contribution in [0.4, 0.5) is 5.00 Å². The number of rotatable bonds is 3. The molecule has 0 saturated heterocycles. The van der Waals surface area contributed by atoms with Gasteiger partial charge in [-0.05, 0) is 43.4 Å². The second-order valence-corrected chi connectivity index (χ2v) is 7.75. The van der Waals surface area contributed by atoms with Crippen LogP contribution in [-0.4, -0.2) is 11.8 Å². The normalized spacial score (nSPS) is 13.5. The highest BCUT2D eigenvalue weighted by Crippen LogP contribution is 2.39. The van der Waals surface area contributed by atoms with E-state index in [-0.39, 0.29) is 20.6 Å². The van der Waals surface area contributed by atoms with Gasteiger partial charge in [0, 0.05) is 4.88 Å². The van der Waals surface area contributed by atoms with Gasteiger partial charge in [0.2, 0.25) is 0 Å². The topological polar surface area (TPSA) is 72.2 Å². The van der Waals surface area contributed by atoms with Crippen LogP contribution in [0.5, 0.6) is 0 Å². The van der Waals surface area contributed by atoms with E-state index in [1.54, 1.807) is 0 Å². The molecular weight excluding hydrogens is 391 g/mol. The third kappa shape index (κ3) is 3.14. The van der Waals surface area contributed by atoms with Crippen molar-refractivity contribution in [3.05, 3.63) is 48.8 Å². The number of halogens is 3. The maximum absolute atomic E-state index is 12.6. The molecule has 0 bridgehead atoms. The van der Waals surface area contributed by atoms with Gasteiger partial charge in [0.1, 0.15) is 5.00 Å². The predicted octanol–water partition coefficient (Wildman–Crippen LogP) is 4.94. The Balaban J connectivity index is 2.00. The second kappa shape index (κ2) is 6.92. The maximum atomic E-state index is 12.6. The molecule has 24 heavy (non-hydrogen) atoms. The van der Waals surface area contributed by atoms with Crippen LogP contribution in [0.3, 0.4) is 0 Å². The molecule has 1 aromatic carbocycles. The lowest BCUT2D eigenvalue weighted by atomic mass is 9.95. The number of nitrogens with two attached hydrogens (primary N) is 1. The minimum Gasteiger partial charge on any atom is -0.365 e. The van der Waals surface area contributed by atoms with Crippen molar-refractivity contribution in [3.63, 3.8) is 0 Å². The van der Waals surface area contributed by atoms with E-state index in [0.29, 0.717) is 10.6 Å². The van der Waals surface area contributed by atoms with E-state index in [2.05, 4.69) is 5.32 Å². The van der Waals surface area contributed by atoms with Crippen LogP contribution in [0.25, 0.3) is 0 Å². The van der Waals surface area contributed by atoms with Crippen molar-refractivity contribution < 1.29 is 9.59 Å². The van der Waals surface area contributed by atoms with E-state index < -0.39 is 11.8 Å². The van der Waals surface area contributed by atoms with E-state index in [1.807, 2.05) is 0 Å². The number of primary amides is 1. The molecule has 2 amide bonds. The quantitative estimate of drug-likeness (QED) is 0.713. The summed E-state index contributed by atoms with van der Waals surface area (Å²) in [6, 6.07) is 3.01. The fraction of sp³-hybridized carbons (Fsp3) is 0.250. The van der Waals surface area contributed by atoms with Crippen molar-refractivity contribution >= 4 is 63.0 Å². The van der Waals surface area contributed by atoms with E-state index in [1.165, 1.54) is 23.5 Å². The van der Waals surface area contributed by atoms with E-state index in [0.717, 1.165) is 36.1 Å². The number of amides is 2. The molecule has 0 atom stereocenters. The third-order valence-electron chi connectivity index (χ3n) is 3.92. The largest absolute Gasteiger partial charge is 0.365 e. The monoisotopic (exact) mass is 402 g/mol. The van der Waals surface area contributed by atoms with Crippen LogP contribution in [0.2, 0.25) is 15.1 Å². The number of carbonyl (C=O) groups excluding carboxylic acids is 2. The van der Waals surface area contributed by atoms with Crippen molar-refractivity contribution in [1.82, 2.24) is 0 Å². The standard InChI is InChI=1S/C16H13Cl3N2O2S/c17-8-5-6-9(18)13(19)12(8)15(23)21-16-11(14(20)22)7-3-1-2-4-10(7)24-16/h5-6H,1-4H2,(H2,20,22)(H,21,23). The van der Waals surface area contributed by atoms with E-state index in [9.17, 15) is 9.59 Å². The van der Waals surface area contributed by atoms with Gasteiger partial charge in [-0.25, -0.2) is 0 Å². The number of hydrogen-bond acceptors (Lipinski definition) is 3. The smallest absolute Gasteiger partial charge is 0.259 e. The molecule has 3 N–H and O–H groups in total. The van der Waals surface area contributed by atoms with Crippen LogP contribution in [0, 0.1) is 0 Å². The summed E-state index contributed by atoms with van der Waals surface area (Å²) in [4.78, 5) is 25.6. The summed E-state index contributed by atoms with van der Waals surface area (Å²) in [6.45, 7) is 0. The lowest BCUT2D eigenvalue weighted by molar-refractivity contribution is 0.100. The summed E-state index contributed by atoms with van der Waals surface area (Å²) in [5, 5.41) is 3.65. The molecule has 0 saturated carbocycles. The predicted molar refractivity (Wildman–Crippen MR) is 98.9 cm³/mol. The Labute approximate surface area is 157 Å². The lowest BCUT2D eigenvalue weighted by Crippen LogP contribution is -2.19. The zero-order valence-corrected chi connectivity index (χ0v) is 15.5. The number of carbonyl (C=O) groups is 2. The SMILES string of the molecule is NC(=O)c1c(NC(=O)c2c(Cl)ccc(Cl)c2Cl)sc2c1CCCC2. The Bertz CT molecular complexity index is 848. The van der Waals surface area contributed by atoms with Gasteiger partial charge in [-0.1, -0.05) is 34.8 Å². The minimum atomic E-state index is -0.548. The zero-order chi connectivity index (χ0) is 17.4. The van der Waals surface area contributed by atoms with E-state index >= 15 is 0 Å². The molecule has 0 aliphatic heterocycles. The molecule has 3 rings (SSSR count). The van der Waals surface area contributed by atoms with Gasteiger partial charge in [-0.3, -0.25) is 9.59 Å². The highest BCUT2D eigenvalue weighted by Gasteiger charge is 2.26. The Morgan fingerprint density at radius 3 is 2.42 bits per heavy atom. The molecule has 2 aromatic rings. The zero-order valence-electron chi connectivity index (χ0n) is 12.4. The van der Waals surface area contributed by atoms with Crippen molar-refractivity contribution in [2.45, 2.75) is 25.7 Å². The number of benzene rings is 1. The van der Waals surface area contributed by atoms with Gasteiger partial charge < -0.3 is 11.1 Å². The van der Waals surface area contributed by atoms with Crippen LogP contribution in [-0.2, 0) is 12.8 Å². The summed E-state index contributed by atoms with van der Waals surface area (Å²) >= 11 is 19.5. The van der Waals surface area contributed by atoms with E-state index in [4.69, 9.17) is 40.5 Å². The van der Waals surface area contributed by atoms with Crippen molar-refractivity contribution in [3.8, 4) is 0 Å². The number of aryl methyl sites for hydroxylation is 1. The molecule has 1 heterocycles. The van der Waals surface area contributed by atoms with Gasteiger partial charge in [-0.2, -0.15) is 0 Å². The average Bonchev–Trinajstić information content (AvgIpc) is 2.89. The Morgan fingerprint density at radius 2 is 1.71 bits per heavy atom. The molecule has 0 radical (unpaired) electrons. The first-order valence-corrected chi connectivity index (χ1v) is 9.24. The van der Waals surface area contributed by atoms with Crippen molar-refractivity contribution in [2.24, 2.45) is 5.73 Å². The second-order valence-electron chi connectivity index (χ2n) is 5.45. The summed E-state index contributed by atoms with van der Waals surface area (Å²) in [7, 11) is 0. The molecule has 1 aromatic heterocycles. The van der Waals surface area contributed by atoms with Crippen molar-refractivity contribution in [1.29, 1.82) is 0 Å². The van der Waals surface area contributed by atoms with Crippen LogP contribution >= 0.6 is 46.1 Å². The van der Waals surface area contributed by atoms with Gasteiger partial charge >= 0.3 is 0 Å². The van der Waals surface area contributed by atoms with Gasteiger partial charge in [-0.15, -0.1) is 11.3 Å². The number of fused-ring (bicyclic) bond motifs is 1. The molecule has 0 spiro atoms. The Hall–Kier alpha value is -1.27. The average molecular weight is 404 g/mol. The minimum absolute atomic E-state index is 0.0728. The molecular formula is C16H13Cl3N2O2S. The molecule has 1 aliphatic carbocycles. The molecule has 8 heteroatoms. The first-order chi connectivity index (χ1) is 11.4. The summed E-state index contributed by atoms with van der Waals surface area (Å²) in [6.07, 6.45) is 3.74. The molecule has 126 valence electrons. The lowest BCUT2D eigenvalue weighted by Gasteiger charge is -2.11. The number of anilines is 1. The highest BCUT2D eigenvalue weighted by atomic mass is 35.5. The first kappa shape index (κ1) is 17.5. The van der Waals surface area contributed by atoms with Gasteiger partial charge in [0.25, 0.3) is 11.8 Å². The summed E-state index contributed by atoms with van der Waals surface area (Å²) in [5.74, 6) is -1.07. The first-order valence-electron chi connectivity index (χ1n) is 7.29. The summed E-state index contributed by atoms with van der Waals surface area (Å²) < 4.78 is 0. The number of thiophene rings is 1. The fourth-order valence-electron chi connectivity index (χ4n) is 2.82. The number of hydrogen-bond donors (Lipinski definition) is 2.